The number of phenolic OH excluding ortho intramolecular Hbond substituents is 1. The van der Waals surface area contributed by atoms with Gasteiger partial charge in [-0.25, -0.2) is 0 Å². The Hall–Kier alpha value is -2.08. The van der Waals surface area contributed by atoms with Gasteiger partial charge in [-0.15, -0.1) is 0 Å². The van der Waals surface area contributed by atoms with E-state index in [9.17, 15) is 5.11 Å². The molecule has 5 rings (SSSR count). The summed E-state index contributed by atoms with van der Waals surface area (Å²) in [5, 5.41) is 9.82. The van der Waals surface area contributed by atoms with Crippen LogP contribution in [0.15, 0.2) is 48.5 Å². The lowest BCUT2D eigenvalue weighted by molar-refractivity contribution is -0.242. The molecule has 2 aromatic rings. The van der Waals surface area contributed by atoms with E-state index in [4.69, 9.17) is 18.9 Å². The van der Waals surface area contributed by atoms with Crippen molar-refractivity contribution in [1.29, 1.82) is 0 Å². The molecule has 1 N–H and O–H groups in total. The summed E-state index contributed by atoms with van der Waals surface area (Å²) < 4.78 is 22.6. The maximum absolute atomic E-state index is 9.82. The minimum atomic E-state index is 0.0100. The molecule has 5 nitrogen and oxygen atoms in total. The third kappa shape index (κ3) is 4.89. The zero-order valence-corrected chi connectivity index (χ0v) is 18.2. The van der Waals surface area contributed by atoms with Gasteiger partial charge in [0.15, 0.2) is 6.29 Å². The lowest BCUT2D eigenvalue weighted by Gasteiger charge is -2.44. The van der Waals surface area contributed by atoms with Gasteiger partial charge in [0.1, 0.15) is 24.2 Å². The van der Waals surface area contributed by atoms with Gasteiger partial charge in [0.05, 0.1) is 19.3 Å². The minimum absolute atomic E-state index is 0.0100. The van der Waals surface area contributed by atoms with Crippen molar-refractivity contribution in [1.82, 2.24) is 0 Å². The Bertz CT molecular complexity index is 846. The maximum atomic E-state index is 9.82. The highest BCUT2D eigenvalue weighted by Crippen LogP contribution is 2.51. The minimum Gasteiger partial charge on any atom is -0.508 e. The first-order chi connectivity index (χ1) is 15.1. The normalized spacial score (nSPS) is 30.9. The monoisotopic (exact) mass is 424 g/mol. The van der Waals surface area contributed by atoms with Crippen molar-refractivity contribution in [2.75, 3.05) is 19.8 Å². The molecule has 3 fully saturated rings. The summed E-state index contributed by atoms with van der Waals surface area (Å²) in [5.74, 6) is 1.43. The molecule has 0 radical (unpaired) electrons. The molecule has 2 aliphatic heterocycles. The van der Waals surface area contributed by atoms with E-state index in [0.717, 1.165) is 51.1 Å². The summed E-state index contributed by atoms with van der Waals surface area (Å²) in [6.45, 7) is 4.64. The predicted octanol–water partition coefficient (Wildman–Crippen LogP) is 5.01. The molecule has 0 aromatic heterocycles. The van der Waals surface area contributed by atoms with Gasteiger partial charge < -0.3 is 24.1 Å². The van der Waals surface area contributed by atoms with Crippen molar-refractivity contribution in [2.24, 2.45) is 5.41 Å². The van der Waals surface area contributed by atoms with Crippen LogP contribution in [0, 0.1) is 5.41 Å². The molecule has 3 aliphatic rings. The van der Waals surface area contributed by atoms with Gasteiger partial charge in [-0.3, -0.25) is 0 Å². The molecule has 3 atom stereocenters. The maximum Gasteiger partial charge on any atom is 0.160 e. The average molecular weight is 425 g/mol. The number of rotatable bonds is 8. The molecule has 2 aromatic carbocycles. The Labute approximate surface area is 184 Å². The van der Waals surface area contributed by atoms with Gasteiger partial charge in [-0.2, -0.15) is 0 Å². The van der Waals surface area contributed by atoms with E-state index in [1.165, 1.54) is 11.1 Å². The zero-order chi connectivity index (χ0) is 21.3. The summed E-state index contributed by atoms with van der Waals surface area (Å²) in [6, 6.07) is 16.2. The fourth-order valence-electron chi connectivity index (χ4n) is 4.99. The van der Waals surface area contributed by atoms with Gasteiger partial charge in [-0.05, 0) is 66.5 Å². The van der Waals surface area contributed by atoms with Gasteiger partial charge in [0.25, 0.3) is 0 Å². The summed E-state index contributed by atoms with van der Waals surface area (Å²) >= 11 is 0. The molecule has 5 heteroatoms. The third-order valence-electron chi connectivity index (χ3n) is 7.05. The number of phenols is 1. The predicted molar refractivity (Wildman–Crippen MR) is 117 cm³/mol. The molecule has 0 spiro atoms. The van der Waals surface area contributed by atoms with Crippen molar-refractivity contribution < 1.29 is 24.1 Å². The van der Waals surface area contributed by atoms with Crippen LogP contribution in [0.3, 0.4) is 0 Å². The Morgan fingerprint density at radius 1 is 0.968 bits per heavy atom. The number of ether oxygens (including phenoxy) is 4. The molecule has 1 saturated carbocycles. The van der Waals surface area contributed by atoms with E-state index in [0.29, 0.717) is 18.5 Å². The van der Waals surface area contributed by atoms with Crippen molar-refractivity contribution in [3.63, 3.8) is 0 Å². The van der Waals surface area contributed by atoms with Crippen LogP contribution < -0.4 is 4.74 Å². The van der Waals surface area contributed by atoms with E-state index in [1.807, 2.05) is 0 Å². The molecule has 0 amide bonds. The molecule has 3 unspecified atom stereocenters. The molecule has 31 heavy (non-hydrogen) atoms. The first-order valence-corrected chi connectivity index (χ1v) is 11.5. The summed E-state index contributed by atoms with van der Waals surface area (Å²) in [5.41, 5.74) is 2.63. The van der Waals surface area contributed by atoms with Gasteiger partial charge in [0.2, 0.25) is 0 Å². The number of hydrogen-bond donors (Lipinski definition) is 1. The Morgan fingerprint density at radius 2 is 1.58 bits per heavy atom. The fraction of sp³-hybridized carbons (Fsp3) is 0.538. The largest absolute Gasteiger partial charge is 0.508 e. The van der Waals surface area contributed by atoms with Crippen molar-refractivity contribution >= 4 is 0 Å². The van der Waals surface area contributed by atoms with Crippen LogP contribution in [0.5, 0.6) is 11.5 Å². The van der Waals surface area contributed by atoms with Crippen LogP contribution >= 0.6 is 0 Å². The SMILES string of the molecule is CC1(C(c2ccc(O)cc2)c2ccc(OCC3CO3)cc2)CCC(OC2CCO2)CC1. The lowest BCUT2D eigenvalue weighted by Crippen LogP contribution is -2.38. The highest BCUT2D eigenvalue weighted by molar-refractivity contribution is 5.40. The average Bonchev–Trinajstić information content (AvgIpc) is 3.58. The van der Waals surface area contributed by atoms with Gasteiger partial charge in [0, 0.05) is 12.3 Å². The number of hydrogen-bond acceptors (Lipinski definition) is 5. The zero-order valence-electron chi connectivity index (χ0n) is 18.2. The second-order valence-corrected chi connectivity index (χ2v) is 9.44. The molecular weight excluding hydrogens is 392 g/mol. The highest BCUT2D eigenvalue weighted by atomic mass is 16.7. The van der Waals surface area contributed by atoms with E-state index >= 15 is 0 Å². The summed E-state index contributed by atoms with van der Waals surface area (Å²) in [6.07, 6.45) is 5.85. The Kier molecular flexibility index (Phi) is 5.91. The molecule has 1 aliphatic carbocycles. The van der Waals surface area contributed by atoms with Crippen molar-refractivity contribution in [3.8, 4) is 11.5 Å². The van der Waals surface area contributed by atoms with E-state index < -0.39 is 0 Å². The van der Waals surface area contributed by atoms with Crippen LogP contribution in [0.4, 0.5) is 0 Å². The lowest BCUT2D eigenvalue weighted by atomic mass is 9.62. The first kappa shape index (κ1) is 20.8. The number of aromatic hydroxyl groups is 1. The van der Waals surface area contributed by atoms with Crippen LogP contribution in [0.2, 0.25) is 0 Å². The second-order valence-electron chi connectivity index (χ2n) is 9.44. The quantitative estimate of drug-likeness (QED) is 0.604. The Morgan fingerprint density at radius 3 is 2.13 bits per heavy atom. The standard InChI is InChI=1S/C26H32O5/c1-26(13-10-22(11-14-26)31-24-12-15-28-24)25(18-2-6-20(27)7-3-18)19-4-8-21(9-5-19)29-16-23-17-30-23/h2-9,22-25,27H,10-17H2,1H3. The Balaban J connectivity index is 1.34. The van der Waals surface area contributed by atoms with Crippen LogP contribution in [-0.4, -0.2) is 43.4 Å². The fourth-order valence-corrected chi connectivity index (χ4v) is 4.99. The van der Waals surface area contributed by atoms with Crippen molar-refractivity contribution in [3.05, 3.63) is 59.7 Å². The van der Waals surface area contributed by atoms with Gasteiger partial charge in [-0.1, -0.05) is 31.2 Å². The molecule has 2 saturated heterocycles. The van der Waals surface area contributed by atoms with Crippen molar-refractivity contribution in [2.45, 2.75) is 63.4 Å². The van der Waals surface area contributed by atoms with Crippen LogP contribution in [0.25, 0.3) is 0 Å². The van der Waals surface area contributed by atoms with E-state index in [1.54, 1.807) is 12.1 Å². The second kappa shape index (κ2) is 8.81. The van der Waals surface area contributed by atoms with Gasteiger partial charge >= 0.3 is 0 Å². The topological polar surface area (TPSA) is 60.5 Å². The number of epoxide rings is 1. The summed E-state index contributed by atoms with van der Waals surface area (Å²) in [4.78, 5) is 0. The molecule has 166 valence electrons. The number of benzene rings is 2. The third-order valence-corrected chi connectivity index (χ3v) is 7.05. The first-order valence-electron chi connectivity index (χ1n) is 11.5. The molecule has 2 heterocycles. The van der Waals surface area contributed by atoms with E-state index in [2.05, 4.69) is 43.3 Å². The molecule has 0 bridgehead atoms. The van der Waals surface area contributed by atoms with E-state index in [-0.39, 0.29) is 23.7 Å². The highest BCUT2D eigenvalue weighted by Gasteiger charge is 2.40. The van der Waals surface area contributed by atoms with Crippen LogP contribution in [-0.2, 0) is 14.2 Å². The smallest absolute Gasteiger partial charge is 0.160 e. The van der Waals surface area contributed by atoms with Crippen LogP contribution in [0.1, 0.15) is 56.1 Å². The molecular formula is C26H32O5. The summed E-state index contributed by atoms with van der Waals surface area (Å²) in [7, 11) is 0.